The van der Waals surface area contributed by atoms with Gasteiger partial charge in [-0.3, -0.25) is 4.79 Å². The quantitative estimate of drug-likeness (QED) is 0.705. The molecule has 0 spiro atoms. The van der Waals surface area contributed by atoms with Crippen LogP contribution in [0.15, 0.2) is 54.6 Å². The van der Waals surface area contributed by atoms with E-state index in [1.165, 1.54) is 0 Å². The molecule has 0 saturated heterocycles. The van der Waals surface area contributed by atoms with Crippen molar-refractivity contribution in [3.05, 3.63) is 65.7 Å². The zero-order valence-corrected chi connectivity index (χ0v) is 15.9. The van der Waals surface area contributed by atoms with Crippen LogP contribution in [0, 0.1) is 5.92 Å². The maximum absolute atomic E-state index is 12.4. The second kappa shape index (κ2) is 9.66. The number of rotatable bonds is 8. The molecule has 4 nitrogen and oxygen atoms in total. The van der Waals surface area contributed by atoms with Crippen molar-refractivity contribution in [3.63, 3.8) is 0 Å². The number of ether oxygens (including phenoxy) is 2. The predicted molar refractivity (Wildman–Crippen MR) is 105 cm³/mol. The van der Waals surface area contributed by atoms with Crippen LogP contribution in [0.3, 0.4) is 0 Å². The summed E-state index contributed by atoms with van der Waals surface area (Å²) in [5, 5.41) is 3.10. The fourth-order valence-electron chi connectivity index (χ4n) is 2.78. The number of para-hydroxylation sites is 1. The van der Waals surface area contributed by atoms with Gasteiger partial charge < -0.3 is 14.8 Å². The predicted octanol–water partition coefficient (Wildman–Crippen LogP) is 4.62. The highest BCUT2D eigenvalue weighted by Gasteiger charge is 2.15. The van der Waals surface area contributed by atoms with E-state index in [1.54, 1.807) is 26.4 Å². The van der Waals surface area contributed by atoms with Gasteiger partial charge in [-0.15, -0.1) is 0 Å². The van der Waals surface area contributed by atoms with E-state index < -0.39 is 0 Å². The van der Waals surface area contributed by atoms with Crippen LogP contribution < -0.4 is 14.8 Å². The van der Waals surface area contributed by atoms with Crippen LogP contribution in [0.4, 0.5) is 0 Å². The highest BCUT2D eigenvalue weighted by Crippen LogP contribution is 2.24. The molecule has 1 atom stereocenters. The molecular formula is C22H27NO3. The number of carbonyl (C=O) groups is 1. The zero-order chi connectivity index (χ0) is 18.9. The van der Waals surface area contributed by atoms with Crippen molar-refractivity contribution in [2.75, 3.05) is 14.2 Å². The largest absolute Gasteiger partial charge is 0.497 e. The van der Waals surface area contributed by atoms with E-state index in [9.17, 15) is 4.79 Å². The molecule has 1 unspecified atom stereocenters. The van der Waals surface area contributed by atoms with Crippen molar-refractivity contribution in [3.8, 4) is 11.5 Å². The average Bonchev–Trinajstić information content (AvgIpc) is 2.65. The smallest absolute Gasteiger partial charge is 0.244 e. The molecule has 2 rings (SSSR count). The van der Waals surface area contributed by atoms with E-state index in [0.717, 1.165) is 29.0 Å². The number of benzene rings is 2. The Bertz CT molecular complexity index is 735. The SMILES string of the molecule is COc1ccc(C(CC(C)C)NC(=O)/C=C/c2ccccc2OC)cc1. The first-order valence-electron chi connectivity index (χ1n) is 8.79. The second-order valence-electron chi connectivity index (χ2n) is 6.54. The lowest BCUT2D eigenvalue weighted by atomic mass is 9.97. The fourth-order valence-corrected chi connectivity index (χ4v) is 2.78. The molecule has 2 aromatic carbocycles. The van der Waals surface area contributed by atoms with Gasteiger partial charge in [0.05, 0.1) is 20.3 Å². The molecule has 4 heteroatoms. The molecule has 26 heavy (non-hydrogen) atoms. The van der Waals surface area contributed by atoms with Crippen LogP contribution in [0.2, 0.25) is 0 Å². The Hall–Kier alpha value is -2.75. The Labute approximate surface area is 155 Å². The number of methoxy groups -OCH3 is 2. The minimum atomic E-state index is -0.127. The fraction of sp³-hybridized carbons (Fsp3) is 0.318. The molecule has 0 aliphatic carbocycles. The van der Waals surface area contributed by atoms with Crippen LogP contribution in [-0.4, -0.2) is 20.1 Å². The summed E-state index contributed by atoms with van der Waals surface area (Å²) in [6, 6.07) is 15.4. The summed E-state index contributed by atoms with van der Waals surface area (Å²) in [5.74, 6) is 1.88. The molecule has 2 aromatic rings. The van der Waals surface area contributed by atoms with Crippen molar-refractivity contribution in [1.29, 1.82) is 0 Å². The molecule has 1 amide bonds. The Morgan fingerprint density at radius 3 is 2.35 bits per heavy atom. The average molecular weight is 353 g/mol. The third-order valence-corrected chi connectivity index (χ3v) is 4.09. The molecule has 0 radical (unpaired) electrons. The van der Waals surface area contributed by atoms with E-state index in [1.807, 2.05) is 48.5 Å². The molecule has 1 N–H and O–H groups in total. The molecule has 0 saturated carbocycles. The summed E-state index contributed by atoms with van der Waals surface area (Å²) in [4.78, 5) is 12.4. The van der Waals surface area contributed by atoms with E-state index in [-0.39, 0.29) is 11.9 Å². The van der Waals surface area contributed by atoms with Gasteiger partial charge >= 0.3 is 0 Å². The first kappa shape index (κ1) is 19.6. The van der Waals surface area contributed by atoms with Gasteiger partial charge in [-0.2, -0.15) is 0 Å². The van der Waals surface area contributed by atoms with Crippen LogP contribution in [-0.2, 0) is 4.79 Å². The lowest BCUT2D eigenvalue weighted by Crippen LogP contribution is -2.28. The van der Waals surface area contributed by atoms with Gasteiger partial charge in [0.15, 0.2) is 0 Å². The molecule has 138 valence electrons. The zero-order valence-electron chi connectivity index (χ0n) is 15.9. The summed E-state index contributed by atoms with van der Waals surface area (Å²) < 4.78 is 10.5. The molecule has 0 aliphatic heterocycles. The lowest BCUT2D eigenvalue weighted by Gasteiger charge is -2.20. The monoisotopic (exact) mass is 353 g/mol. The van der Waals surface area contributed by atoms with E-state index in [4.69, 9.17) is 9.47 Å². The summed E-state index contributed by atoms with van der Waals surface area (Å²) >= 11 is 0. The Balaban J connectivity index is 2.11. The van der Waals surface area contributed by atoms with E-state index in [0.29, 0.717) is 5.92 Å². The van der Waals surface area contributed by atoms with E-state index in [2.05, 4.69) is 19.2 Å². The third kappa shape index (κ3) is 5.66. The van der Waals surface area contributed by atoms with Gasteiger partial charge in [-0.25, -0.2) is 0 Å². The van der Waals surface area contributed by atoms with Gasteiger partial charge in [-0.1, -0.05) is 44.2 Å². The highest BCUT2D eigenvalue weighted by molar-refractivity contribution is 5.92. The number of nitrogens with one attached hydrogen (secondary N) is 1. The van der Waals surface area contributed by atoms with Crippen molar-refractivity contribution in [2.24, 2.45) is 5.92 Å². The maximum Gasteiger partial charge on any atom is 0.244 e. The first-order valence-corrected chi connectivity index (χ1v) is 8.79. The van der Waals surface area contributed by atoms with Crippen LogP contribution in [0.1, 0.15) is 37.4 Å². The Morgan fingerprint density at radius 2 is 1.73 bits per heavy atom. The van der Waals surface area contributed by atoms with Gasteiger partial charge in [0.1, 0.15) is 11.5 Å². The first-order chi connectivity index (χ1) is 12.5. The number of hydrogen-bond acceptors (Lipinski definition) is 3. The maximum atomic E-state index is 12.4. The molecule has 0 aromatic heterocycles. The summed E-state index contributed by atoms with van der Waals surface area (Å²) in [5.41, 5.74) is 1.94. The standard InChI is InChI=1S/C22H27NO3/c1-16(2)15-20(17-9-12-19(25-3)13-10-17)23-22(24)14-11-18-7-5-6-8-21(18)26-4/h5-14,16,20H,15H2,1-4H3,(H,23,24)/b14-11+. The Kier molecular flexibility index (Phi) is 7.27. The number of amides is 1. The molecule has 0 heterocycles. The topological polar surface area (TPSA) is 47.6 Å². The van der Waals surface area contributed by atoms with Crippen LogP contribution in [0.5, 0.6) is 11.5 Å². The van der Waals surface area contributed by atoms with Gasteiger partial charge in [0.25, 0.3) is 0 Å². The lowest BCUT2D eigenvalue weighted by molar-refractivity contribution is -0.117. The second-order valence-corrected chi connectivity index (χ2v) is 6.54. The minimum Gasteiger partial charge on any atom is -0.497 e. The summed E-state index contributed by atoms with van der Waals surface area (Å²) in [6.45, 7) is 4.29. The highest BCUT2D eigenvalue weighted by atomic mass is 16.5. The normalized spacial score (nSPS) is 12.2. The van der Waals surface area contributed by atoms with Gasteiger partial charge in [-0.05, 0) is 42.2 Å². The van der Waals surface area contributed by atoms with Crippen LogP contribution in [0.25, 0.3) is 6.08 Å². The molecule has 0 bridgehead atoms. The van der Waals surface area contributed by atoms with Crippen molar-refractivity contribution >= 4 is 12.0 Å². The number of hydrogen-bond donors (Lipinski definition) is 1. The Morgan fingerprint density at radius 1 is 1.04 bits per heavy atom. The molecule has 0 fully saturated rings. The van der Waals surface area contributed by atoms with Gasteiger partial charge in [0.2, 0.25) is 5.91 Å². The number of carbonyl (C=O) groups excluding carboxylic acids is 1. The third-order valence-electron chi connectivity index (χ3n) is 4.09. The summed E-state index contributed by atoms with van der Waals surface area (Å²) in [6.07, 6.45) is 4.18. The summed E-state index contributed by atoms with van der Waals surface area (Å²) in [7, 11) is 3.26. The van der Waals surface area contributed by atoms with E-state index >= 15 is 0 Å². The van der Waals surface area contributed by atoms with Crippen LogP contribution >= 0.6 is 0 Å². The van der Waals surface area contributed by atoms with Gasteiger partial charge in [0, 0.05) is 11.6 Å². The van der Waals surface area contributed by atoms with Crippen molar-refractivity contribution in [1.82, 2.24) is 5.32 Å². The molecule has 0 aliphatic rings. The minimum absolute atomic E-state index is 0.0456. The molecular weight excluding hydrogens is 326 g/mol. The van der Waals surface area contributed by atoms with Crippen molar-refractivity contribution in [2.45, 2.75) is 26.3 Å². The van der Waals surface area contributed by atoms with Crippen molar-refractivity contribution < 1.29 is 14.3 Å².